The maximum Gasteiger partial charge on any atom is 0.308 e. The van der Waals surface area contributed by atoms with E-state index in [1.165, 1.54) is 39.0 Å². The molecule has 0 bridgehead atoms. The number of phenolic OH excluding ortho intramolecular Hbond substituents is 1. The molecule has 5 N–H and O–H groups in total. The van der Waals surface area contributed by atoms with Gasteiger partial charge in [0.25, 0.3) is 0 Å². The average molecular weight is 605 g/mol. The SMILES string of the molecule is CC(=O)Oc1ccc2c(c1/C=C/c1cccc(CCO)c1)C(=O)c1cc(O[C@H]3O[C@@H](C)[C@@H](O)[C@@H](O)[C@H]3O)c(C)c(O)c1C2=O. The number of aliphatic hydroxyl groups excluding tert-OH is 4. The minimum Gasteiger partial charge on any atom is -0.507 e. The molecule has 44 heavy (non-hydrogen) atoms. The lowest BCUT2D eigenvalue weighted by molar-refractivity contribution is -0.268. The lowest BCUT2D eigenvalue weighted by Crippen LogP contribution is -2.58. The fourth-order valence-corrected chi connectivity index (χ4v) is 5.38. The van der Waals surface area contributed by atoms with E-state index in [-0.39, 0.29) is 51.5 Å². The Morgan fingerprint density at radius 3 is 2.36 bits per heavy atom. The molecule has 1 aliphatic heterocycles. The molecule has 2 aliphatic rings. The van der Waals surface area contributed by atoms with E-state index in [4.69, 9.17) is 14.2 Å². The number of ketones is 2. The Balaban J connectivity index is 1.60. The van der Waals surface area contributed by atoms with Crippen molar-refractivity contribution in [2.24, 2.45) is 0 Å². The zero-order chi connectivity index (χ0) is 31.9. The molecule has 0 aromatic heterocycles. The quantitative estimate of drug-likeness (QED) is 0.119. The third-order valence-electron chi connectivity index (χ3n) is 7.75. The number of aliphatic hydroxyl groups is 4. The summed E-state index contributed by atoms with van der Waals surface area (Å²) in [6.07, 6.45) is -3.29. The maximum atomic E-state index is 14.1. The predicted molar refractivity (Wildman–Crippen MR) is 157 cm³/mol. The van der Waals surface area contributed by atoms with Gasteiger partial charge in [0.05, 0.1) is 11.7 Å². The van der Waals surface area contributed by atoms with Gasteiger partial charge in [-0.05, 0) is 55.7 Å². The van der Waals surface area contributed by atoms with Crippen molar-refractivity contribution in [3.8, 4) is 17.2 Å². The Bertz CT molecular complexity index is 1670. The van der Waals surface area contributed by atoms with Crippen LogP contribution in [0.25, 0.3) is 12.2 Å². The van der Waals surface area contributed by atoms with Crippen LogP contribution in [0.2, 0.25) is 0 Å². The van der Waals surface area contributed by atoms with Gasteiger partial charge in [0.15, 0.2) is 11.6 Å². The molecule has 0 saturated carbocycles. The van der Waals surface area contributed by atoms with Crippen LogP contribution in [0, 0.1) is 6.92 Å². The molecule has 0 unspecified atom stereocenters. The first-order valence-corrected chi connectivity index (χ1v) is 14.0. The molecule has 0 radical (unpaired) electrons. The van der Waals surface area contributed by atoms with E-state index in [0.717, 1.165) is 11.1 Å². The molecule has 1 saturated heterocycles. The van der Waals surface area contributed by atoms with Crippen LogP contribution in [0.1, 0.15) is 67.9 Å². The van der Waals surface area contributed by atoms with Gasteiger partial charge in [0.1, 0.15) is 35.6 Å². The number of phenols is 1. The van der Waals surface area contributed by atoms with Crippen LogP contribution in [0.5, 0.6) is 17.2 Å². The minimum absolute atomic E-state index is 0.00702. The van der Waals surface area contributed by atoms with E-state index in [0.29, 0.717) is 6.42 Å². The highest BCUT2D eigenvalue weighted by Crippen LogP contribution is 2.43. The number of ether oxygens (including phenoxy) is 3. The third kappa shape index (κ3) is 5.63. The topological polar surface area (TPSA) is 180 Å². The Labute approximate surface area is 252 Å². The van der Waals surface area contributed by atoms with Crippen molar-refractivity contribution in [1.82, 2.24) is 0 Å². The molecule has 3 aromatic rings. The van der Waals surface area contributed by atoms with Crippen molar-refractivity contribution < 1.29 is 54.1 Å². The normalized spacial score (nSPS) is 22.9. The highest BCUT2D eigenvalue weighted by atomic mass is 16.7. The number of benzene rings is 3. The van der Waals surface area contributed by atoms with Crippen LogP contribution in [0.15, 0.2) is 42.5 Å². The largest absolute Gasteiger partial charge is 0.507 e. The van der Waals surface area contributed by atoms with Gasteiger partial charge < -0.3 is 39.7 Å². The van der Waals surface area contributed by atoms with Crippen molar-refractivity contribution in [2.75, 3.05) is 6.61 Å². The number of aromatic hydroxyl groups is 1. The van der Waals surface area contributed by atoms with E-state index in [1.54, 1.807) is 12.2 Å². The molecule has 1 heterocycles. The van der Waals surface area contributed by atoms with Crippen molar-refractivity contribution in [1.29, 1.82) is 0 Å². The van der Waals surface area contributed by atoms with Crippen molar-refractivity contribution in [2.45, 2.75) is 57.9 Å². The first-order valence-electron chi connectivity index (χ1n) is 14.0. The molecule has 3 aromatic carbocycles. The first-order chi connectivity index (χ1) is 20.9. The Hall–Kier alpha value is -4.39. The number of hydrogen-bond acceptors (Lipinski definition) is 11. The van der Waals surface area contributed by atoms with Gasteiger partial charge in [-0.25, -0.2) is 0 Å². The van der Waals surface area contributed by atoms with E-state index in [1.807, 2.05) is 24.3 Å². The number of carbonyl (C=O) groups is 3. The van der Waals surface area contributed by atoms with Crippen LogP contribution in [-0.2, 0) is 16.0 Å². The zero-order valence-corrected chi connectivity index (χ0v) is 24.2. The number of hydrogen-bond donors (Lipinski definition) is 5. The number of fused-ring (bicyclic) bond motifs is 2. The molecule has 5 rings (SSSR count). The van der Waals surface area contributed by atoms with Gasteiger partial charge in [0.2, 0.25) is 6.29 Å². The third-order valence-corrected chi connectivity index (χ3v) is 7.75. The zero-order valence-electron chi connectivity index (χ0n) is 24.2. The summed E-state index contributed by atoms with van der Waals surface area (Å²) in [5.41, 5.74) is 1.35. The number of esters is 1. The standard InChI is InChI=1S/C33H32O11/c1-15-24(44-33-32(41)31(40)28(37)16(2)42-33)14-22-26(27(15)36)29(38)21-9-10-23(43-17(3)35)20(25(21)30(22)39)8-7-18-5-4-6-19(13-18)11-12-34/h4-10,13-14,16,28,31-34,36-37,40-41H,11-12H2,1-3H3/b8-7+/t16-,28+,31+,32+,33+/m0/s1. The second kappa shape index (κ2) is 12.3. The first kappa shape index (κ1) is 31.0. The van der Waals surface area contributed by atoms with E-state index in [9.17, 15) is 39.9 Å². The van der Waals surface area contributed by atoms with E-state index in [2.05, 4.69) is 0 Å². The molecule has 230 valence electrons. The van der Waals surface area contributed by atoms with E-state index < -0.39 is 54.0 Å². The molecule has 0 spiro atoms. The highest BCUT2D eigenvalue weighted by molar-refractivity contribution is 6.31. The molecule has 11 nitrogen and oxygen atoms in total. The Kier molecular flexibility index (Phi) is 8.69. The Morgan fingerprint density at radius 2 is 1.66 bits per heavy atom. The number of carbonyl (C=O) groups excluding carboxylic acids is 3. The van der Waals surface area contributed by atoms with Gasteiger partial charge in [-0.15, -0.1) is 0 Å². The van der Waals surface area contributed by atoms with Crippen molar-refractivity contribution >= 4 is 29.7 Å². The second-order valence-corrected chi connectivity index (χ2v) is 10.8. The summed E-state index contributed by atoms with van der Waals surface area (Å²) in [5.74, 6) is -2.52. The number of rotatable bonds is 7. The predicted octanol–water partition coefficient (Wildman–Crippen LogP) is 2.31. The lowest BCUT2D eigenvalue weighted by Gasteiger charge is -2.39. The molecule has 5 atom stereocenters. The molecular weight excluding hydrogens is 572 g/mol. The average Bonchev–Trinajstić information content (AvgIpc) is 2.99. The van der Waals surface area contributed by atoms with Crippen molar-refractivity contribution in [3.05, 3.63) is 87.0 Å². The second-order valence-electron chi connectivity index (χ2n) is 10.8. The summed E-state index contributed by atoms with van der Waals surface area (Å²) in [4.78, 5) is 39.8. The van der Waals surface area contributed by atoms with Crippen LogP contribution in [0.3, 0.4) is 0 Å². The molecule has 1 aliphatic carbocycles. The summed E-state index contributed by atoms with van der Waals surface area (Å²) in [6, 6.07) is 11.3. The maximum absolute atomic E-state index is 14.1. The Morgan fingerprint density at radius 1 is 0.932 bits per heavy atom. The summed E-state index contributed by atoms with van der Waals surface area (Å²) in [7, 11) is 0. The van der Waals surface area contributed by atoms with Crippen LogP contribution >= 0.6 is 0 Å². The van der Waals surface area contributed by atoms with Gasteiger partial charge in [-0.2, -0.15) is 0 Å². The van der Waals surface area contributed by atoms with Crippen molar-refractivity contribution in [3.63, 3.8) is 0 Å². The van der Waals surface area contributed by atoms with Crippen LogP contribution < -0.4 is 9.47 Å². The summed E-state index contributed by atoms with van der Waals surface area (Å²) >= 11 is 0. The van der Waals surface area contributed by atoms with Crippen LogP contribution in [0.4, 0.5) is 0 Å². The molecular formula is C33H32O11. The van der Waals surface area contributed by atoms with Gasteiger partial charge in [0, 0.05) is 41.3 Å². The van der Waals surface area contributed by atoms with Crippen LogP contribution in [-0.4, -0.2) is 80.4 Å². The summed E-state index contributed by atoms with van der Waals surface area (Å²) in [5, 5.41) is 51.0. The summed E-state index contributed by atoms with van der Waals surface area (Å²) in [6.45, 7) is 4.10. The monoisotopic (exact) mass is 604 g/mol. The van der Waals surface area contributed by atoms with Gasteiger partial charge in [-0.1, -0.05) is 30.3 Å². The highest BCUT2D eigenvalue weighted by Gasteiger charge is 2.44. The molecule has 1 fully saturated rings. The van der Waals surface area contributed by atoms with Gasteiger partial charge >= 0.3 is 5.97 Å². The van der Waals surface area contributed by atoms with Gasteiger partial charge in [-0.3, -0.25) is 14.4 Å². The minimum atomic E-state index is -1.66. The molecule has 11 heteroatoms. The molecule has 0 amide bonds. The van der Waals surface area contributed by atoms with E-state index >= 15 is 0 Å². The smallest absolute Gasteiger partial charge is 0.308 e. The fourth-order valence-electron chi connectivity index (χ4n) is 5.38. The summed E-state index contributed by atoms with van der Waals surface area (Å²) < 4.78 is 16.7. The fraction of sp³-hybridized carbons (Fsp3) is 0.303. The lowest BCUT2D eigenvalue weighted by atomic mass is 9.80.